The Bertz CT molecular complexity index is 366. The van der Waals surface area contributed by atoms with Crippen LogP contribution >= 0.6 is 0 Å². The van der Waals surface area contributed by atoms with Crippen molar-refractivity contribution < 1.29 is 19.1 Å². The molecule has 0 aliphatic heterocycles. The summed E-state index contributed by atoms with van der Waals surface area (Å²) < 4.78 is 15.0. The Labute approximate surface area is 92.9 Å². The number of nitro groups is 1. The highest BCUT2D eigenvalue weighted by Gasteiger charge is 2.12. The van der Waals surface area contributed by atoms with E-state index in [4.69, 9.17) is 14.2 Å². The van der Waals surface area contributed by atoms with Gasteiger partial charge in [0.1, 0.15) is 0 Å². The molecule has 0 aliphatic rings. The van der Waals surface area contributed by atoms with Gasteiger partial charge >= 0.3 is 0 Å². The van der Waals surface area contributed by atoms with Crippen molar-refractivity contribution in [3.63, 3.8) is 0 Å². The van der Waals surface area contributed by atoms with Gasteiger partial charge in [0.2, 0.25) is 0 Å². The molecular weight excluding hydrogens is 214 g/mol. The minimum absolute atomic E-state index is 0.00529. The van der Waals surface area contributed by atoms with Gasteiger partial charge in [0.05, 0.1) is 17.6 Å². The molecule has 0 heterocycles. The van der Waals surface area contributed by atoms with E-state index in [1.165, 1.54) is 25.3 Å². The molecule has 0 amide bonds. The van der Waals surface area contributed by atoms with Crippen LogP contribution in [0.15, 0.2) is 18.2 Å². The van der Waals surface area contributed by atoms with E-state index in [2.05, 4.69) is 6.92 Å². The Morgan fingerprint density at radius 2 is 2.12 bits per heavy atom. The van der Waals surface area contributed by atoms with Crippen molar-refractivity contribution in [2.45, 2.75) is 0 Å². The lowest BCUT2D eigenvalue weighted by molar-refractivity contribution is -0.385. The average molecular weight is 226 g/mol. The number of methoxy groups -OCH3 is 1. The molecule has 0 aliphatic carbocycles. The van der Waals surface area contributed by atoms with Gasteiger partial charge in [-0.15, -0.1) is 0 Å². The van der Waals surface area contributed by atoms with Gasteiger partial charge in [0, 0.05) is 13.2 Å². The zero-order valence-corrected chi connectivity index (χ0v) is 8.84. The third-order valence-corrected chi connectivity index (χ3v) is 1.73. The van der Waals surface area contributed by atoms with E-state index in [1.54, 1.807) is 0 Å². The van der Waals surface area contributed by atoms with Crippen molar-refractivity contribution >= 4 is 5.69 Å². The van der Waals surface area contributed by atoms with E-state index in [0.717, 1.165) is 0 Å². The number of hydrogen-bond donors (Lipinski definition) is 0. The van der Waals surface area contributed by atoms with Gasteiger partial charge in [-0.25, -0.2) is 0 Å². The molecule has 0 bridgehead atoms. The van der Waals surface area contributed by atoms with Crippen LogP contribution < -0.4 is 9.47 Å². The van der Waals surface area contributed by atoms with Crippen molar-refractivity contribution in [1.29, 1.82) is 0 Å². The first-order valence-corrected chi connectivity index (χ1v) is 4.51. The fourth-order valence-corrected chi connectivity index (χ4v) is 1.07. The topological polar surface area (TPSA) is 70.8 Å². The van der Waals surface area contributed by atoms with Crippen LogP contribution in [0, 0.1) is 17.0 Å². The average Bonchev–Trinajstić information content (AvgIpc) is 2.27. The molecule has 16 heavy (non-hydrogen) atoms. The number of benzene rings is 1. The number of nitro benzene ring substituents is 1. The summed E-state index contributed by atoms with van der Waals surface area (Å²) >= 11 is 0. The summed E-state index contributed by atoms with van der Waals surface area (Å²) in [6.07, 6.45) is 0. The van der Waals surface area contributed by atoms with Gasteiger partial charge in [0.15, 0.2) is 18.3 Å². The van der Waals surface area contributed by atoms with Crippen molar-refractivity contribution in [3.8, 4) is 11.5 Å². The second kappa shape index (κ2) is 5.92. The SMILES string of the molecule is [CH2]COc1ccc([N+](=O)[O-])cc1OCOC. The molecule has 0 spiro atoms. The second-order valence-electron chi connectivity index (χ2n) is 2.79. The predicted octanol–water partition coefficient (Wildman–Crippen LogP) is 1.79. The Morgan fingerprint density at radius 3 is 2.69 bits per heavy atom. The Hall–Kier alpha value is -1.82. The molecule has 87 valence electrons. The summed E-state index contributed by atoms with van der Waals surface area (Å²) in [7, 11) is 1.46. The van der Waals surface area contributed by atoms with Crippen LogP contribution in [0.1, 0.15) is 0 Å². The fraction of sp³-hybridized carbons (Fsp3) is 0.300. The molecule has 1 radical (unpaired) electrons. The summed E-state index contributed by atoms with van der Waals surface area (Å²) in [5.74, 6) is 0.664. The molecule has 0 N–H and O–H groups in total. The lowest BCUT2D eigenvalue weighted by Crippen LogP contribution is -2.02. The minimum atomic E-state index is -0.506. The van der Waals surface area contributed by atoms with E-state index in [-0.39, 0.29) is 24.8 Å². The smallest absolute Gasteiger partial charge is 0.273 e. The van der Waals surface area contributed by atoms with E-state index in [9.17, 15) is 10.1 Å². The maximum atomic E-state index is 10.6. The van der Waals surface area contributed by atoms with Crippen LogP contribution in [0.5, 0.6) is 11.5 Å². The van der Waals surface area contributed by atoms with E-state index < -0.39 is 4.92 Å². The molecule has 0 saturated carbocycles. The maximum Gasteiger partial charge on any atom is 0.273 e. The molecular formula is C10H12NO5. The molecule has 0 fully saturated rings. The van der Waals surface area contributed by atoms with Gasteiger partial charge in [0.25, 0.3) is 5.69 Å². The number of non-ortho nitro benzene ring substituents is 1. The van der Waals surface area contributed by atoms with E-state index >= 15 is 0 Å². The molecule has 1 aromatic carbocycles. The van der Waals surface area contributed by atoms with Gasteiger partial charge in [-0.2, -0.15) is 0 Å². The quantitative estimate of drug-likeness (QED) is 0.420. The molecule has 0 unspecified atom stereocenters. The third-order valence-electron chi connectivity index (χ3n) is 1.73. The normalized spacial score (nSPS) is 9.88. The molecule has 0 atom stereocenters. The Kier molecular flexibility index (Phi) is 4.53. The highest BCUT2D eigenvalue weighted by molar-refractivity contribution is 5.48. The third kappa shape index (κ3) is 3.09. The standard InChI is InChI=1S/C10H12NO5/c1-3-15-9-5-4-8(11(12)13)6-10(9)16-7-14-2/h4-6H,1,3,7H2,2H3. The van der Waals surface area contributed by atoms with Crippen molar-refractivity contribution in [1.82, 2.24) is 0 Å². The lowest BCUT2D eigenvalue weighted by atomic mass is 10.3. The summed E-state index contributed by atoms with van der Waals surface area (Å²) in [6, 6.07) is 4.09. The molecule has 0 saturated heterocycles. The molecule has 6 nitrogen and oxygen atoms in total. The van der Waals surface area contributed by atoms with Crippen molar-refractivity contribution in [3.05, 3.63) is 35.2 Å². The van der Waals surface area contributed by atoms with Gasteiger partial charge < -0.3 is 14.2 Å². The molecule has 6 heteroatoms. The van der Waals surface area contributed by atoms with Crippen LogP contribution in [-0.4, -0.2) is 25.4 Å². The summed E-state index contributed by atoms with van der Waals surface area (Å²) in [5.41, 5.74) is -0.0671. The van der Waals surface area contributed by atoms with E-state index in [1.807, 2.05) is 0 Å². The first-order valence-electron chi connectivity index (χ1n) is 4.51. The van der Waals surface area contributed by atoms with Crippen LogP contribution in [0.3, 0.4) is 0 Å². The van der Waals surface area contributed by atoms with Crippen molar-refractivity contribution in [2.75, 3.05) is 20.5 Å². The summed E-state index contributed by atoms with van der Waals surface area (Å²) in [5, 5.41) is 10.6. The van der Waals surface area contributed by atoms with Crippen LogP contribution in [0.25, 0.3) is 0 Å². The molecule has 1 aromatic rings. The van der Waals surface area contributed by atoms with Crippen LogP contribution in [0.2, 0.25) is 0 Å². The second-order valence-corrected chi connectivity index (χ2v) is 2.79. The van der Waals surface area contributed by atoms with Crippen LogP contribution in [0.4, 0.5) is 5.69 Å². The van der Waals surface area contributed by atoms with Gasteiger partial charge in [-0.05, 0) is 13.0 Å². The Morgan fingerprint density at radius 1 is 1.38 bits per heavy atom. The zero-order chi connectivity index (χ0) is 12.0. The predicted molar refractivity (Wildman–Crippen MR) is 56.5 cm³/mol. The largest absolute Gasteiger partial charge is 0.490 e. The van der Waals surface area contributed by atoms with Crippen molar-refractivity contribution in [2.24, 2.45) is 0 Å². The highest BCUT2D eigenvalue weighted by Crippen LogP contribution is 2.31. The fourth-order valence-electron chi connectivity index (χ4n) is 1.07. The first-order chi connectivity index (χ1) is 7.69. The zero-order valence-electron chi connectivity index (χ0n) is 8.84. The highest BCUT2D eigenvalue weighted by atomic mass is 16.7. The maximum absolute atomic E-state index is 10.6. The lowest BCUT2D eigenvalue weighted by Gasteiger charge is -2.10. The molecule has 0 aromatic heterocycles. The van der Waals surface area contributed by atoms with Crippen LogP contribution in [-0.2, 0) is 4.74 Å². The monoisotopic (exact) mass is 226 g/mol. The number of ether oxygens (including phenoxy) is 3. The van der Waals surface area contributed by atoms with E-state index in [0.29, 0.717) is 5.75 Å². The van der Waals surface area contributed by atoms with Gasteiger partial charge in [-0.1, -0.05) is 0 Å². The number of rotatable bonds is 6. The first kappa shape index (κ1) is 12.3. The van der Waals surface area contributed by atoms with Gasteiger partial charge in [-0.3, -0.25) is 10.1 Å². The number of nitrogens with zero attached hydrogens (tertiary/aromatic N) is 1. The minimum Gasteiger partial charge on any atom is -0.490 e. The summed E-state index contributed by atoms with van der Waals surface area (Å²) in [4.78, 5) is 10.1. The Balaban J connectivity index is 2.95. The number of hydrogen-bond acceptors (Lipinski definition) is 5. The molecule has 1 rings (SSSR count). The summed E-state index contributed by atoms with van der Waals surface area (Å²) in [6.45, 7) is 3.72.